The predicted molar refractivity (Wildman–Crippen MR) is 323 cm³/mol. The lowest BCUT2D eigenvalue weighted by atomic mass is 9.81. The fourth-order valence-electron chi connectivity index (χ4n) is 10.4. The second-order valence-electron chi connectivity index (χ2n) is 19.3. The normalized spacial score (nSPS) is 11.1. The lowest BCUT2D eigenvalue weighted by Crippen LogP contribution is -1.98. The largest absolute Gasteiger partial charge is 0.228 e. The maximum Gasteiger partial charge on any atom is 0.160 e. The van der Waals surface area contributed by atoms with Crippen LogP contribution >= 0.6 is 0 Å². The van der Waals surface area contributed by atoms with Crippen LogP contribution in [0.25, 0.3) is 135 Å². The molecule has 0 aliphatic heterocycles. The van der Waals surface area contributed by atoms with Gasteiger partial charge in [-0.05, 0) is 91.0 Å². The van der Waals surface area contributed by atoms with Crippen molar-refractivity contribution in [2.45, 2.75) is 0 Å². The molecule has 11 aromatic carbocycles. The highest BCUT2D eigenvalue weighted by Gasteiger charge is 2.22. The standard InChI is InChI=1S/C74H50N4/c1-7-21-51(22-8-1)53-37-41-55(42-38-53)65-45-46-66(56-43-39-54(40-44-56)52-23-9-2-10-24-52)72(64-36-20-34-62(48-64)70-50-68(58-27-13-4-14-28-58)76-74(78-70)60-31-17-6-18-32-60)71(65)63-35-19-33-61(47-63)69-49-67(57-25-11-3-12-26-57)75-73(77-69)59-29-15-5-16-30-59/h1-50H. The first-order valence-electron chi connectivity index (χ1n) is 26.4. The smallest absolute Gasteiger partial charge is 0.160 e. The lowest BCUT2D eigenvalue weighted by Gasteiger charge is -2.22. The van der Waals surface area contributed by atoms with Crippen molar-refractivity contribution in [1.82, 2.24) is 19.9 Å². The molecule has 4 heteroatoms. The van der Waals surface area contributed by atoms with Crippen molar-refractivity contribution in [2.75, 3.05) is 0 Å². The van der Waals surface area contributed by atoms with Crippen LogP contribution in [0.15, 0.2) is 303 Å². The Morgan fingerprint density at radius 1 is 0.154 bits per heavy atom. The van der Waals surface area contributed by atoms with Crippen LogP contribution in [0.3, 0.4) is 0 Å². The molecule has 13 aromatic rings. The Balaban J connectivity index is 1.05. The van der Waals surface area contributed by atoms with Gasteiger partial charge in [0.1, 0.15) is 0 Å². The molecule has 2 aromatic heterocycles. The SMILES string of the molecule is c1ccc(-c2ccc(-c3ccc(-c4ccc(-c5ccccc5)cc4)c(-c4cccc(-c5cc(-c6ccccc6)nc(-c6ccccc6)n5)c4)c3-c3cccc(-c4cc(-c5ccccc5)nc(-c5ccccc5)n4)c3)cc2)cc1. The molecule has 0 bridgehead atoms. The molecule has 4 nitrogen and oxygen atoms in total. The van der Waals surface area contributed by atoms with E-state index in [1.807, 2.05) is 48.5 Å². The molecule has 0 fully saturated rings. The molecule has 0 N–H and O–H groups in total. The molecular weight excluding hydrogens is 945 g/mol. The Hall–Kier alpha value is -10.4. The van der Waals surface area contributed by atoms with Gasteiger partial charge in [-0.15, -0.1) is 0 Å². The average Bonchev–Trinajstić information content (AvgIpc) is 3.73. The van der Waals surface area contributed by atoms with Crippen molar-refractivity contribution in [1.29, 1.82) is 0 Å². The van der Waals surface area contributed by atoms with E-state index in [1.54, 1.807) is 0 Å². The Morgan fingerprint density at radius 2 is 0.397 bits per heavy atom. The molecule has 0 atom stereocenters. The summed E-state index contributed by atoms with van der Waals surface area (Å²) in [5, 5.41) is 0. The second kappa shape index (κ2) is 21.4. The van der Waals surface area contributed by atoms with Gasteiger partial charge in [0, 0.05) is 33.4 Å². The molecule has 0 saturated heterocycles. The number of nitrogens with zero attached hydrogens (tertiary/aromatic N) is 4. The third-order valence-electron chi connectivity index (χ3n) is 14.4. The Bertz CT molecular complexity index is 3800. The summed E-state index contributed by atoms with van der Waals surface area (Å²) >= 11 is 0. The van der Waals surface area contributed by atoms with Crippen molar-refractivity contribution in [3.05, 3.63) is 303 Å². The van der Waals surface area contributed by atoms with Gasteiger partial charge in [0.15, 0.2) is 11.6 Å². The number of aromatic nitrogens is 4. The minimum atomic E-state index is 0.672. The van der Waals surface area contributed by atoms with Crippen molar-refractivity contribution >= 4 is 0 Å². The number of benzene rings is 11. The van der Waals surface area contributed by atoms with Gasteiger partial charge in [0.05, 0.1) is 22.8 Å². The maximum atomic E-state index is 5.31. The number of hydrogen-bond acceptors (Lipinski definition) is 4. The molecule has 0 saturated carbocycles. The average molecular weight is 995 g/mol. The Morgan fingerprint density at radius 3 is 0.731 bits per heavy atom. The van der Waals surface area contributed by atoms with Crippen LogP contribution in [0.5, 0.6) is 0 Å². The van der Waals surface area contributed by atoms with Crippen molar-refractivity contribution < 1.29 is 0 Å². The zero-order valence-corrected chi connectivity index (χ0v) is 42.7. The van der Waals surface area contributed by atoms with Crippen molar-refractivity contribution in [3.8, 4) is 135 Å². The zero-order valence-electron chi connectivity index (χ0n) is 42.7. The topological polar surface area (TPSA) is 51.6 Å². The minimum absolute atomic E-state index is 0.672. The lowest BCUT2D eigenvalue weighted by molar-refractivity contribution is 1.18. The molecule has 0 radical (unpaired) electrons. The van der Waals surface area contributed by atoms with Gasteiger partial charge in [0.2, 0.25) is 0 Å². The fraction of sp³-hybridized carbons (Fsp3) is 0. The molecule has 0 spiro atoms. The predicted octanol–water partition coefficient (Wildman–Crippen LogP) is 19.3. The van der Waals surface area contributed by atoms with Crippen LogP contribution in [0.1, 0.15) is 0 Å². The first-order valence-corrected chi connectivity index (χ1v) is 26.4. The molecular formula is C74H50N4. The molecule has 0 amide bonds. The van der Waals surface area contributed by atoms with Crippen LogP contribution in [0.2, 0.25) is 0 Å². The summed E-state index contributed by atoms with van der Waals surface area (Å²) < 4.78 is 0. The zero-order chi connectivity index (χ0) is 52.0. The van der Waals surface area contributed by atoms with Gasteiger partial charge in [-0.2, -0.15) is 0 Å². The van der Waals surface area contributed by atoms with Gasteiger partial charge < -0.3 is 0 Å². The van der Waals surface area contributed by atoms with E-state index in [4.69, 9.17) is 19.9 Å². The second-order valence-corrected chi connectivity index (χ2v) is 19.3. The first kappa shape index (κ1) is 47.3. The van der Waals surface area contributed by atoms with E-state index in [1.165, 1.54) is 11.1 Å². The summed E-state index contributed by atoms with van der Waals surface area (Å²) in [6.07, 6.45) is 0. The van der Waals surface area contributed by atoms with E-state index in [0.29, 0.717) is 11.6 Å². The Labute approximate surface area is 455 Å². The summed E-state index contributed by atoms with van der Waals surface area (Å²) in [5.41, 5.74) is 22.7. The summed E-state index contributed by atoms with van der Waals surface area (Å²) in [5.74, 6) is 1.34. The quantitative estimate of drug-likeness (QED) is 0.122. The fourth-order valence-corrected chi connectivity index (χ4v) is 10.4. The molecule has 366 valence electrons. The summed E-state index contributed by atoms with van der Waals surface area (Å²) in [7, 11) is 0. The molecule has 2 heterocycles. The van der Waals surface area contributed by atoms with E-state index in [0.717, 1.165) is 112 Å². The van der Waals surface area contributed by atoms with E-state index in [2.05, 4.69) is 255 Å². The molecule has 0 aliphatic carbocycles. The van der Waals surface area contributed by atoms with Gasteiger partial charge in [0.25, 0.3) is 0 Å². The van der Waals surface area contributed by atoms with Crippen LogP contribution in [0.4, 0.5) is 0 Å². The van der Waals surface area contributed by atoms with Crippen LogP contribution < -0.4 is 0 Å². The molecule has 13 rings (SSSR count). The number of hydrogen-bond donors (Lipinski definition) is 0. The first-order chi connectivity index (χ1) is 38.6. The van der Waals surface area contributed by atoms with Gasteiger partial charge in [-0.25, -0.2) is 19.9 Å². The highest BCUT2D eigenvalue weighted by Crippen LogP contribution is 2.48. The van der Waals surface area contributed by atoms with E-state index >= 15 is 0 Å². The van der Waals surface area contributed by atoms with Gasteiger partial charge in [-0.3, -0.25) is 0 Å². The summed E-state index contributed by atoms with van der Waals surface area (Å²) in [6, 6.07) is 107. The van der Waals surface area contributed by atoms with Crippen LogP contribution in [-0.4, -0.2) is 19.9 Å². The van der Waals surface area contributed by atoms with E-state index < -0.39 is 0 Å². The maximum absolute atomic E-state index is 5.31. The van der Waals surface area contributed by atoms with E-state index in [-0.39, 0.29) is 0 Å². The van der Waals surface area contributed by atoms with Gasteiger partial charge in [-0.1, -0.05) is 279 Å². The Kier molecular flexibility index (Phi) is 13.0. The molecule has 78 heavy (non-hydrogen) atoms. The highest BCUT2D eigenvalue weighted by molar-refractivity contribution is 6.03. The molecule has 0 unspecified atom stereocenters. The summed E-state index contributed by atoms with van der Waals surface area (Å²) in [6.45, 7) is 0. The van der Waals surface area contributed by atoms with Crippen LogP contribution in [-0.2, 0) is 0 Å². The minimum Gasteiger partial charge on any atom is -0.228 e. The third kappa shape index (κ3) is 9.86. The molecule has 0 aliphatic rings. The van der Waals surface area contributed by atoms with Crippen LogP contribution in [0, 0.1) is 0 Å². The van der Waals surface area contributed by atoms with Gasteiger partial charge >= 0.3 is 0 Å². The summed E-state index contributed by atoms with van der Waals surface area (Å²) in [4.78, 5) is 20.9. The highest BCUT2D eigenvalue weighted by atomic mass is 14.9. The monoisotopic (exact) mass is 994 g/mol. The third-order valence-corrected chi connectivity index (χ3v) is 14.4. The van der Waals surface area contributed by atoms with Crippen molar-refractivity contribution in [2.24, 2.45) is 0 Å². The number of rotatable bonds is 12. The van der Waals surface area contributed by atoms with E-state index in [9.17, 15) is 0 Å². The van der Waals surface area contributed by atoms with Crippen molar-refractivity contribution in [3.63, 3.8) is 0 Å².